The number of rotatable bonds is 3. The lowest BCUT2D eigenvalue weighted by Gasteiger charge is -2.37. The van der Waals surface area contributed by atoms with Crippen molar-refractivity contribution in [3.8, 4) is 0 Å². The van der Waals surface area contributed by atoms with E-state index in [0.717, 1.165) is 13.1 Å². The van der Waals surface area contributed by atoms with Crippen LogP contribution < -0.4 is 10.2 Å². The molecule has 1 saturated heterocycles. The van der Waals surface area contributed by atoms with E-state index in [1.807, 2.05) is 25.7 Å². The van der Waals surface area contributed by atoms with Crippen LogP contribution in [0.15, 0.2) is 36.7 Å². The number of amides is 2. The van der Waals surface area contributed by atoms with Crippen LogP contribution in [0.1, 0.15) is 83.8 Å². The lowest BCUT2D eigenvalue weighted by molar-refractivity contribution is -0.123. The molecule has 3 rings (SSSR count). The van der Waals surface area contributed by atoms with Crippen LogP contribution in [0.25, 0.3) is 0 Å². The molecule has 1 aromatic carbocycles. The van der Waals surface area contributed by atoms with Crippen molar-refractivity contribution in [3.63, 3.8) is 0 Å². The van der Waals surface area contributed by atoms with Crippen LogP contribution in [0.4, 0.5) is 11.4 Å². The lowest BCUT2D eigenvalue weighted by Crippen LogP contribution is -2.49. The summed E-state index contributed by atoms with van der Waals surface area (Å²) in [7, 11) is 0. The van der Waals surface area contributed by atoms with Crippen LogP contribution >= 0.6 is 0 Å². The van der Waals surface area contributed by atoms with Crippen molar-refractivity contribution in [1.29, 1.82) is 0 Å². The van der Waals surface area contributed by atoms with Gasteiger partial charge in [0, 0.05) is 49.7 Å². The van der Waals surface area contributed by atoms with Crippen LogP contribution in [0.2, 0.25) is 0 Å². The quantitative estimate of drug-likeness (QED) is 0.621. The Bertz CT molecular complexity index is 1050. The number of aromatic nitrogens is 1. The fourth-order valence-corrected chi connectivity index (χ4v) is 3.98. The molecule has 0 radical (unpaired) electrons. The highest BCUT2D eigenvalue weighted by Crippen LogP contribution is 2.34. The zero-order valence-corrected chi connectivity index (χ0v) is 23.0. The molecular weight excluding hydrogens is 436 g/mol. The Morgan fingerprint density at radius 1 is 0.829 bits per heavy atom. The van der Waals surface area contributed by atoms with Crippen LogP contribution in [0, 0.1) is 5.41 Å². The number of anilines is 2. The number of hydrogen-bond donors (Lipinski definition) is 1. The van der Waals surface area contributed by atoms with E-state index in [9.17, 15) is 9.59 Å². The molecule has 2 amide bonds. The molecule has 1 fully saturated rings. The van der Waals surface area contributed by atoms with Gasteiger partial charge in [0.1, 0.15) is 0 Å². The number of benzene rings is 1. The second-order valence-corrected chi connectivity index (χ2v) is 12.7. The highest BCUT2D eigenvalue weighted by atomic mass is 16.2. The van der Waals surface area contributed by atoms with Gasteiger partial charge in [-0.25, -0.2) is 0 Å². The van der Waals surface area contributed by atoms with Crippen LogP contribution in [0.3, 0.4) is 0 Å². The summed E-state index contributed by atoms with van der Waals surface area (Å²) >= 11 is 0. The van der Waals surface area contributed by atoms with E-state index in [2.05, 4.69) is 74.9 Å². The molecule has 1 N–H and O–H groups in total. The molecule has 1 aliphatic rings. The monoisotopic (exact) mass is 478 g/mol. The summed E-state index contributed by atoms with van der Waals surface area (Å²) in [5.41, 5.74) is 4.38. The third-order valence-electron chi connectivity index (χ3n) is 6.56. The van der Waals surface area contributed by atoms with Crippen molar-refractivity contribution in [2.45, 2.75) is 73.1 Å². The molecule has 6 heteroatoms. The molecule has 0 bridgehead atoms. The van der Waals surface area contributed by atoms with E-state index in [0.29, 0.717) is 24.3 Å². The predicted octanol–water partition coefficient (Wildman–Crippen LogP) is 5.62. The second kappa shape index (κ2) is 9.63. The average Bonchev–Trinajstić information content (AvgIpc) is 2.77. The predicted molar refractivity (Wildman–Crippen MR) is 144 cm³/mol. The first-order chi connectivity index (χ1) is 16.1. The summed E-state index contributed by atoms with van der Waals surface area (Å²) in [5.74, 6) is -0.225. The van der Waals surface area contributed by atoms with Gasteiger partial charge in [0.05, 0.1) is 11.3 Å². The van der Waals surface area contributed by atoms with E-state index in [4.69, 9.17) is 0 Å². The fraction of sp³-hybridized carbons (Fsp3) is 0.552. The summed E-state index contributed by atoms with van der Waals surface area (Å²) in [6, 6.07) is 8.63. The average molecular weight is 479 g/mol. The third-order valence-corrected chi connectivity index (χ3v) is 6.56. The first-order valence-electron chi connectivity index (χ1n) is 12.5. The smallest absolute Gasteiger partial charge is 0.257 e. The van der Waals surface area contributed by atoms with E-state index in [1.54, 1.807) is 18.5 Å². The third kappa shape index (κ3) is 6.41. The zero-order chi connectivity index (χ0) is 26.2. The van der Waals surface area contributed by atoms with Crippen molar-refractivity contribution < 1.29 is 9.59 Å². The molecule has 1 aliphatic heterocycles. The number of pyridine rings is 1. The largest absolute Gasteiger partial charge is 0.368 e. The van der Waals surface area contributed by atoms with Gasteiger partial charge in [-0.15, -0.1) is 0 Å². The molecule has 2 aromatic rings. The van der Waals surface area contributed by atoms with E-state index < -0.39 is 5.41 Å². The minimum Gasteiger partial charge on any atom is -0.368 e. The summed E-state index contributed by atoms with van der Waals surface area (Å²) in [5, 5.41) is 2.91. The molecule has 35 heavy (non-hydrogen) atoms. The van der Waals surface area contributed by atoms with Gasteiger partial charge in [0.25, 0.3) is 5.91 Å². The second-order valence-electron chi connectivity index (χ2n) is 12.7. The molecule has 190 valence electrons. The minimum atomic E-state index is -0.553. The van der Waals surface area contributed by atoms with Crippen molar-refractivity contribution in [3.05, 3.63) is 53.3 Å². The number of carbonyl (C=O) groups is 2. The van der Waals surface area contributed by atoms with Gasteiger partial charge in [-0.2, -0.15) is 0 Å². The Labute approximate surface area is 211 Å². The molecule has 1 aromatic heterocycles. The van der Waals surface area contributed by atoms with Crippen molar-refractivity contribution in [2.24, 2.45) is 5.41 Å². The Morgan fingerprint density at radius 2 is 1.37 bits per heavy atom. The molecule has 6 nitrogen and oxygen atoms in total. The molecule has 0 unspecified atom stereocenters. The minimum absolute atomic E-state index is 0.0575. The van der Waals surface area contributed by atoms with Crippen molar-refractivity contribution >= 4 is 23.2 Å². The molecule has 0 saturated carbocycles. The SMILES string of the molecule is CC(C)(C)C(=O)Nc1ccncc1C(=O)N1CCN(c2cc(C(C)(C)C)cc(C(C)(C)C)c2)CC1. The molecule has 0 atom stereocenters. The summed E-state index contributed by atoms with van der Waals surface area (Å²) < 4.78 is 0. The van der Waals surface area contributed by atoms with Crippen molar-refractivity contribution in [1.82, 2.24) is 9.88 Å². The standard InChI is InChI=1S/C29H42N4O2/c1-27(2,3)20-16-21(28(4,5)6)18-22(17-20)32-12-14-33(15-13-32)25(34)23-19-30-11-10-24(23)31-26(35)29(7,8)9/h10-11,16-19H,12-15H2,1-9H3,(H,30,31,35). The first kappa shape index (κ1) is 26.7. The Morgan fingerprint density at radius 3 is 1.86 bits per heavy atom. The van der Waals surface area contributed by atoms with E-state index in [-0.39, 0.29) is 22.6 Å². The summed E-state index contributed by atoms with van der Waals surface area (Å²) in [4.78, 5) is 34.3. The molecule has 0 aliphatic carbocycles. The number of piperazine rings is 1. The number of nitrogens with zero attached hydrogens (tertiary/aromatic N) is 3. The first-order valence-corrected chi connectivity index (χ1v) is 12.5. The van der Waals surface area contributed by atoms with Crippen LogP contribution in [0.5, 0.6) is 0 Å². The van der Waals surface area contributed by atoms with Gasteiger partial charge in [-0.3, -0.25) is 14.6 Å². The highest BCUT2D eigenvalue weighted by Gasteiger charge is 2.28. The number of carbonyl (C=O) groups excluding carboxylic acids is 2. The van der Waals surface area contributed by atoms with Gasteiger partial charge < -0.3 is 15.1 Å². The highest BCUT2D eigenvalue weighted by molar-refractivity contribution is 6.04. The molecule has 2 heterocycles. The van der Waals surface area contributed by atoms with Crippen LogP contribution in [-0.4, -0.2) is 47.9 Å². The van der Waals surface area contributed by atoms with Crippen LogP contribution in [-0.2, 0) is 15.6 Å². The van der Waals surface area contributed by atoms with Gasteiger partial charge >= 0.3 is 0 Å². The number of nitrogens with one attached hydrogen (secondary N) is 1. The summed E-state index contributed by atoms with van der Waals surface area (Å²) in [6.07, 6.45) is 3.15. The molecular formula is C29H42N4O2. The Balaban J connectivity index is 1.78. The molecule has 0 spiro atoms. The maximum absolute atomic E-state index is 13.4. The van der Waals surface area contributed by atoms with Gasteiger partial charge in [-0.05, 0) is 40.2 Å². The summed E-state index contributed by atoms with van der Waals surface area (Å²) in [6.45, 7) is 21.8. The van der Waals surface area contributed by atoms with Gasteiger partial charge in [0.2, 0.25) is 5.91 Å². The maximum Gasteiger partial charge on any atom is 0.257 e. The lowest BCUT2D eigenvalue weighted by atomic mass is 9.80. The zero-order valence-electron chi connectivity index (χ0n) is 23.0. The topological polar surface area (TPSA) is 65.5 Å². The van der Waals surface area contributed by atoms with E-state index in [1.165, 1.54) is 16.8 Å². The number of hydrogen-bond acceptors (Lipinski definition) is 4. The normalized spacial score (nSPS) is 15.2. The van der Waals surface area contributed by atoms with E-state index >= 15 is 0 Å². The van der Waals surface area contributed by atoms with Gasteiger partial charge in [0.15, 0.2) is 0 Å². The maximum atomic E-state index is 13.4. The van der Waals surface area contributed by atoms with Gasteiger partial charge in [-0.1, -0.05) is 68.4 Å². The Hall–Kier alpha value is -2.89. The fourth-order valence-electron chi connectivity index (χ4n) is 3.98. The van der Waals surface area contributed by atoms with Crippen molar-refractivity contribution in [2.75, 3.05) is 36.4 Å². The Kier molecular flexibility index (Phi) is 7.35.